The zero-order valence-corrected chi connectivity index (χ0v) is 12.1. The van der Waals surface area contributed by atoms with Crippen molar-refractivity contribution < 1.29 is 5.11 Å². The standard InChI is InChI=1S/C17H22N2O/c1-3-11-18-17(16-6-4-5-13(2)19-16)12-14-7-9-15(20)10-8-14/h4-10,17-18,20H,3,11-12H2,1-2H3. The van der Waals surface area contributed by atoms with Crippen LogP contribution in [0, 0.1) is 6.92 Å². The first-order chi connectivity index (χ1) is 9.69. The smallest absolute Gasteiger partial charge is 0.115 e. The van der Waals surface area contributed by atoms with Crippen molar-refractivity contribution in [2.45, 2.75) is 32.7 Å². The summed E-state index contributed by atoms with van der Waals surface area (Å²) < 4.78 is 0. The molecule has 0 amide bonds. The highest BCUT2D eigenvalue weighted by Gasteiger charge is 2.13. The molecule has 0 spiro atoms. The Hall–Kier alpha value is -1.87. The Morgan fingerprint density at radius 2 is 1.90 bits per heavy atom. The molecule has 0 aliphatic rings. The van der Waals surface area contributed by atoms with Gasteiger partial charge in [0.05, 0.1) is 11.7 Å². The fraction of sp³-hybridized carbons (Fsp3) is 0.353. The molecule has 0 saturated heterocycles. The molecule has 2 N–H and O–H groups in total. The van der Waals surface area contributed by atoms with Gasteiger partial charge in [-0.15, -0.1) is 0 Å². The quantitative estimate of drug-likeness (QED) is 0.846. The van der Waals surface area contributed by atoms with Crippen LogP contribution in [0.5, 0.6) is 5.75 Å². The van der Waals surface area contributed by atoms with Crippen molar-refractivity contribution in [2.75, 3.05) is 6.54 Å². The Morgan fingerprint density at radius 3 is 2.55 bits per heavy atom. The second-order valence-corrected chi connectivity index (χ2v) is 5.08. The van der Waals surface area contributed by atoms with Gasteiger partial charge in [0.25, 0.3) is 0 Å². The van der Waals surface area contributed by atoms with Crippen LogP contribution in [0.3, 0.4) is 0 Å². The number of hydrogen-bond donors (Lipinski definition) is 2. The summed E-state index contributed by atoms with van der Waals surface area (Å²) in [6, 6.07) is 13.7. The maximum atomic E-state index is 9.36. The van der Waals surface area contributed by atoms with Gasteiger partial charge in [0.2, 0.25) is 0 Å². The zero-order valence-electron chi connectivity index (χ0n) is 12.1. The highest BCUT2D eigenvalue weighted by molar-refractivity contribution is 5.27. The van der Waals surface area contributed by atoms with Crippen LogP contribution in [0.4, 0.5) is 0 Å². The predicted octanol–water partition coefficient (Wildman–Crippen LogP) is 3.38. The summed E-state index contributed by atoms with van der Waals surface area (Å²) in [6.45, 7) is 5.15. The monoisotopic (exact) mass is 270 g/mol. The van der Waals surface area contributed by atoms with E-state index in [0.717, 1.165) is 30.8 Å². The Labute approximate surface area is 120 Å². The van der Waals surface area contributed by atoms with Crippen LogP contribution in [0.25, 0.3) is 0 Å². The van der Waals surface area contributed by atoms with E-state index in [0.29, 0.717) is 5.75 Å². The number of rotatable bonds is 6. The lowest BCUT2D eigenvalue weighted by Crippen LogP contribution is -2.25. The van der Waals surface area contributed by atoms with E-state index in [1.54, 1.807) is 12.1 Å². The third kappa shape index (κ3) is 4.07. The second kappa shape index (κ2) is 7.06. The van der Waals surface area contributed by atoms with Crippen molar-refractivity contribution in [2.24, 2.45) is 0 Å². The first kappa shape index (κ1) is 14.5. The van der Waals surface area contributed by atoms with E-state index in [9.17, 15) is 5.11 Å². The molecule has 3 heteroatoms. The van der Waals surface area contributed by atoms with Crippen LogP contribution < -0.4 is 5.32 Å². The van der Waals surface area contributed by atoms with Gasteiger partial charge < -0.3 is 10.4 Å². The Balaban J connectivity index is 2.16. The lowest BCUT2D eigenvalue weighted by molar-refractivity contribution is 0.474. The molecule has 20 heavy (non-hydrogen) atoms. The molecular weight excluding hydrogens is 248 g/mol. The maximum Gasteiger partial charge on any atom is 0.115 e. The Kier molecular flexibility index (Phi) is 5.13. The number of hydrogen-bond acceptors (Lipinski definition) is 3. The second-order valence-electron chi connectivity index (χ2n) is 5.08. The molecule has 2 aromatic rings. The molecule has 0 aliphatic heterocycles. The summed E-state index contributed by atoms with van der Waals surface area (Å²) in [5.74, 6) is 0.306. The predicted molar refractivity (Wildman–Crippen MR) is 81.8 cm³/mol. The molecular formula is C17H22N2O. The van der Waals surface area contributed by atoms with Gasteiger partial charge in [-0.25, -0.2) is 0 Å². The Morgan fingerprint density at radius 1 is 1.15 bits per heavy atom. The van der Waals surface area contributed by atoms with E-state index in [1.165, 1.54) is 5.56 Å². The number of benzene rings is 1. The number of aromatic nitrogens is 1. The molecule has 1 aromatic carbocycles. The highest BCUT2D eigenvalue weighted by atomic mass is 16.3. The summed E-state index contributed by atoms with van der Waals surface area (Å²) in [6.07, 6.45) is 1.97. The van der Waals surface area contributed by atoms with Crippen molar-refractivity contribution in [1.82, 2.24) is 10.3 Å². The van der Waals surface area contributed by atoms with Gasteiger partial charge >= 0.3 is 0 Å². The molecule has 3 nitrogen and oxygen atoms in total. The van der Waals surface area contributed by atoms with Crippen molar-refractivity contribution in [3.63, 3.8) is 0 Å². The molecule has 0 radical (unpaired) electrons. The van der Waals surface area contributed by atoms with E-state index in [-0.39, 0.29) is 6.04 Å². The summed E-state index contributed by atoms with van der Waals surface area (Å²) in [5.41, 5.74) is 3.31. The van der Waals surface area contributed by atoms with Gasteiger partial charge in [0.15, 0.2) is 0 Å². The first-order valence-corrected chi connectivity index (χ1v) is 7.14. The van der Waals surface area contributed by atoms with Gasteiger partial charge in [-0.05, 0) is 56.1 Å². The van der Waals surface area contributed by atoms with Gasteiger partial charge in [0, 0.05) is 5.69 Å². The van der Waals surface area contributed by atoms with Crippen molar-refractivity contribution in [1.29, 1.82) is 0 Å². The molecule has 1 atom stereocenters. The van der Waals surface area contributed by atoms with Crippen LogP contribution >= 0.6 is 0 Å². The molecule has 0 fully saturated rings. The number of aromatic hydroxyl groups is 1. The third-order valence-electron chi connectivity index (χ3n) is 3.28. The van der Waals surface area contributed by atoms with Gasteiger partial charge in [0.1, 0.15) is 5.75 Å². The van der Waals surface area contributed by atoms with Gasteiger partial charge in [-0.3, -0.25) is 4.98 Å². The number of nitrogens with one attached hydrogen (secondary N) is 1. The number of pyridine rings is 1. The van der Waals surface area contributed by atoms with E-state index in [1.807, 2.05) is 25.1 Å². The van der Waals surface area contributed by atoms with E-state index < -0.39 is 0 Å². The molecule has 106 valence electrons. The summed E-state index contributed by atoms with van der Waals surface area (Å²) in [5, 5.41) is 12.9. The van der Waals surface area contributed by atoms with Crippen LogP contribution in [-0.2, 0) is 6.42 Å². The van der Waals surface area contributed by atoms with Crippen molar-refractivity contribution >= 4 is 0 Å². The minimum atomic E-state index is 0.208. The average Bonchev–Trinajstić information content (AvgIpc) is 2.45. The molecule has 1 heterocycles. The fourth-order valence-corrected chi connectivity index (χ4v) is 2.23. The molecule has 0 aliphatic carbocycles. The fourth-order valence-electron chi connectivity index (χ4n) is 2.23. The lowest BCUT2D eigenvalue weighted by atomic mass is 10.0. The van der Waals surface area contributed by atoms with Crippen molar-refractivity contribution in [3.05, 3.63) is 59.4 Å². The van der Waals surface area contributed by atoms with Crippen molar-refractivity contribution in [3.8, 4) is 5.75 Å². The maximum absolute atomic E-state index is 9.36. The topological polar surface area (TPSA) is 45.1 Å². The first-order valence-electron chi connectivity index (χ1n) is 7.14. The number of aryl methyl sites for hydroxylation is 1. The molecule has 1 aromatic heterocycles. The van der Waals surface area contributed by atoms with Gasteiger partial charge in [-0.2, -0.15) is 0 Å². The van der Waals surface area contributed by atoms with Gasteiger partial charge in [-0.1, -0.05) is 25.1 Å². The summed E-state index contributed by atoms with van der Waals surface area (Å²) in [7, 11) is 0. The number of nitrogens with zero attached hydrogens (tertiary/aromatic N) is 1. The summed E-state index contributed by atoms with van der Waals surface area (Å²) in [4.78, 5) is 4.63. The van der Waals surface area contributed by atoms with Crippen LogP contribution in [0.15, 0.2) is 42.5 Å². The molecule has 2 rings (SSSR count). The largest absolute Gasteiger partial charge is 0.508 e. The normalized spacial score (nSPS) is 12.3. The molecule has 1 unspecified atom stereocenters. The molecule has 0 bridgehead atoms. The number of phenols is 1. The van der Waals surface area contributed by atoms with Crippen LogP contribution in [0.2, 0.25) is 0 Å². The minimum absolute atomic E-state index is 0.208. The van der Waals surface area contributed by atoms with E-state index in [4.69, 9.17) is 0 Å². The van der Waals surface area contributed by atoms with E-state index in [2.05, 4.69) is 29.4 Å². The SMILES string of the molecule is CCCNC(Cc1ccc(O)cc1)c1cccc(C)n1. The zero-order chi connectivity index (χ0) is 14.4. The highest BCUT2D eigenvalue weighted by Crippen LogP contribution is 2.19. The van der Waals surface area contributed by atoms with E-state index >= 15 is 0 Å². The van der Waals surface area contributed by atoms with Crippen LogP contribution in [0.1, 0.15) is 36.3 Å². The third-order valence-corrected chi connectivity index (χ3v) is 3.28. The van der Waals surface area contributed by atoms with Crippen LogP contribution in [-0.4, -0.2) is 16.6 Å². The average molecular weight is 270 g/mol. The minimum Gasteiger partial charge on any atom is -0.508 e. The lowest BCUT2D eigenvalue weighted by Gasteiger charge is -2.18. The summed E-state index contributed by atoms with van der Waals surface area (Å²) >= 11 is 0. The molecule has 0 saturated carbocycles. The number of phenolic OH excluding ortho intramolecular Hbond substituents is 1. The Bertz CT molecular complexity index is 537.